The van der Waals surface area contributed by atoms with E-state index in [9.17, 15) is 9.59 Å². The van der Waals surface area contributed by atoms with E-state index in [1.807, 2.05) is 24.1 Å². The molecule has 0 bridgehead atoms. The standard InChI is InChI=1S/C16H20BrN3O3/c1-18-7-11-4-5-19(8-11)15(21)9-20-13-3-2-12(17)6-14(13)23-10-16(20)22/h2-3,6,11,18H,4-5,7-10H2,1H3. The van der Waals surface area contributed by atoms with Crippen LogP contribution in [0.2, 0.25) is 0 Å². The van der Waals surface area contributed by atoms with Gasteiger partial charge in [-0.25, -0.2) is 0 Å². The van der Waals surface area contributed by atoms with Gasteiger partial charge in [0.15, 0.2) is 6.61 Å². The molecule has 124 valence electrons. The summed E-state index contributed by atoms with van der Waals surface area (Å²) >= 11 is 3.39. The molecule has 6 nitrogen and oxygen atoms in total. The number of carbonyl (C=O) groups is 2. The Morgan fingerprint density at radius 1 is 1.48 bits per heavy atom. The highest BCUT2D eigenvalue weighted by Gasteiger charge is 2.31. The molecule has 1 fully saturated rings. The summed E-state index contributed by atoms with van der Waals surface area (Å²) in [4.78, 5) is 28.1. The molecule has 2 aliphatic rings. The lowest BCUT2D eigenvalue weighted by molar-refractivity contribution is -0.131. The van der Waals surface area contributed by atoms with Crippen LogP contribution in [0.25, 0.3) is 0 Å². The van der Waals surface area contributed by atoms with Crippen LogP contribution in [0, 0.1) is 5.92 Å². The van der Waals surface area contributed by atoms with Crippen molar-refractivity contribution in [3.05, 3.63) is 22.7 Å². The summed E-state index contributed by atoms with van der Waals surface area (Å²) in [7, 11) is 1.92. The number of benzene rings is 1. The highest BCUT2D eigenvalue weighted by molar-refractivity contribution is 9.10. The molecule has 0 aromatic heterocycles. The normalized spacial score (nSPS) is 20.4. The predicted octanol–water partition coefficient (Wildman–Crippen LogP) is 1.24. The number of anilines is 1. The first-order chi connectivity index (χ1) is 11.1. The Morgan fingerprint density at radius 3 is 3.09 bits per heavy atom. The van der Waals surface area contributed by atoms with Crippen LogP contribution in [0.5, 0.6) is 5.75 Å². The van der Waals surface area contributed by atoms with Crippen LogP contribution in [-0.4, -0.2) is 56.5 Å². The lowest BCUT2D eigenvalue weighted by Crippen LogP contribution is -2.46. The van der Waals surface area contributed by atoms with E-state index in [2.05, 4.69) is 21.2 Å². The Bertz CT molecular complexity index is 623. The van der Waals surface area contributed by atoms with Crippen molar-refractivity contribution >= 4 is 33.4 Å². The van der Waals surface area contributed by atoms with Gasteiger partial charge in [-0.3, -0.25) is 14.5 Å². The van der Waals surface area contributed by atoms with Gasteiger partial charge in [0, 0.05) is 17.6 Å². The molecule has 0 spiro atoms. The van der Waals surface area contributed by atoms with Gasteiger partial charge in [-0.2, -0.15) is 0 Å². The van der Waals surface area contributed by atoms with Crippen LogP contribution in [0.3, 0.4) is 0 Å². The fraction of sp³-hybridized carbons (Fsp3) is 0.500. The smallest absolute Gasteiger partial charge is 0.265 e. The van der Waals surface area contributed by atoms with E-state index in [1.165, 1.54) is 4.90 Å². The largest absolute Gasteiger partial charge is 0.482 e. The maximum Gasteiger partial charge on any atom is 0.265 e. The predicted molar refractivity (Wildman–Crippen MR) is 90.6 cm³/mol. The first-order valence-corrected chi connectivity index (χ1v) is 8.53. The molecule has 0 radical (unpaired) electrons. The molecular formula is C16H20BrN3O3. The Labute approximate surface area is 143 Å². The van der Waals surface area contributed by atoms with Crippen molar-refractivity contribution in [1.82, 2.24) is 10.2 Å². The Hall–Kier alpha value is -1.60. The zero-order chi connectivity index (χ0) is 16.4. The van der Waals surface area contributed by atoms with Gasteiger partial charge >= 0.3 is 0 Å². The third-order valence-electron chi connectivity index (χ3n) is 4.29. The molecule has 1 atom stereocenters. The molecule has 7 heteroatoms. The van der Waals surface area contributed by atoms with Gasteiger partial charge in [0.05, 0.1) is 5.69 Å². The number of ether oxygens (including phenoxy) is 1. The van der Waals surface area contributed by atoms with Gasteiger partial charge in [-0.1, -0.05) is 15.9 Å². The van der Waals surface area contributed by atoms with Crippen molar-refractivity contribution in [2.75, 3.05) is 44.7 Å². The summed E-state index contributed by atoms with van der Waals surface area (Å²) in [5, 5.41) is 3.15. The average Bonchev–Trinajstić information content (AvgIpc) is 2.99. The van der Waals surface area contributed by atoms with Gasteiger partial charge < -0.3 is 15.0 Å². The fourth-order valence-electron chi connectivity index (χ4n) is 3.10. The molecule has 0 saturated carbocycles. The molecule has 1 saturated heterocycles. The van der Waals surface area contributed by atoms with Crippen molar-refractivity contribution < 1.29 is 14.3 Å². The van der Waals surface area contributed by atoms with Crippen LogP contribution < -0.4 is 15.0 Å². The van der Waals surface area contributed by atoms with Crippen molar-refractivity contribution in [2.45, 2.75) is 6.42 Å². The number of rotatable bonds is 4. The first kappa shape index (κ1) is 16.3. The lowest BCUT2D eigenvalue weighted by Gasteiger charge is -2.30. The topological polar surface area (TPSA) is 61.9 Å². The van der Waals surface area contributed by atoms with Crippen LogP contribution in [-0.2, 0) is 9.59 Å². The molecule has 2 amide bonds. The van der Waals surface area contributed by atoms with Crippen molar-refractivity contribution in [2.24, 2.45) is 5.92 Å². The molecule has 0 aliphatic carbocycles. The monoisotopic (exact) mass is 381 g/mol. The van der Waals surface area contributed by atoms with Crippen molar-refractivity contribution in [1.29, 1.82) is 0 Å². The summed E-state index contributed by atoms with van der Waals surface area (Å²) in [6.45, 7) is 2.47. The average molecular weight is 382 g/mol. The minimum Gasteiger partial charge on any atom is -0.482 e. The minimum atomic E-state index is -0.181. The van der Waals surface area contributed by atoms with Gasteiger partial charge in [-0.05, 0) is 44.1 Å². The van der Waals surface area contributed by atoms with Crippen LogP contribution >= 0.6 is 15.9 Å². The number of hydrogen-bond acceptors (Lipinski definition) is 4. The first-order valence-electron chi connectivity index (χ1n) is 7.73. The van der Waals surface area contributed by atoms with Crippen molar-refractivity contribution in [3.8, 4) is 5.75 Å². The molecule has 2 aliphatic heterocycles. The molecular weight excluding hydrogens is 362 g/mol. The quantitative estimate of drug-likeness (QED) is 0.852. The maximum absolute atomic E-state index is 12.5. The molecule has 1 aromatic carbocycles. The molecule has 23 heavy (non-hydrogen) atoms. The van der Waals surface area contributed by atoms with Gasteiger partial charge in [0.2, 0.25) is 5.91 Å². The van der Waals surface area contributed by atoms with E-state index in [0.717, 1.165) is 30.5 Å². The number of fused-ring (bicyclic) bond motifs is 1. The summed E-state index contributed by atoms with van der Waals surface area (Å²) in [5.74, 6) is 0.931. The second-order valence-corrected chi connectivity index (χ2v) is 6.85. The SMILES string of the molecule is CNCC1CCN(C(=O)CN2C(=O)COc3cc(Br)ccc32)C1. The Morgan fingerprint density at radius 2 is 2.30 bits per heavy atom. The third-order valence-corrected chi connectivity index (χ3v) is 4.78. The van der Waals surface area contributed by atoms with Gasteiger partial charge in [-0.15, -0.1) is 0 Å². The molecule has 1 unspecified atom stereocenters. The second kappa shape index (κ2) is 6.88. The Kier molecular flexibility index (Phi) is 4.87. The Balaban J connectivity index is 1.70. The highest BCUT2D eigenvalue weighted by Crippen LogP contribution is 2.34. The van der Waals surface area contributed by atoms with Gasteiger partial charge in [0.1, 0.15) is 12.3 Å². The third kappa shape index (κ3) is 3.50. The van der Waals surface area contributed by atoms with Crippen LogP contribution in [0.1, 0.15) is 6.42 Å². The number of likely N-dealkylation sites (tertiary alicyclic amines) is 1. The summed E-state index contributed by atoms with van der Waals surface area (Å²) in [6.07, 6.45) is 1.01. The molecule has 1 N–H and O–H groups in total. The minimum absolute atomic E-state index is 0.00674. The van der Waals surface area contributed by atoms with E-state index < -0.39 is 0 Å². The zero-order valence-electron chi connectivity index (χ0n) is 13.0. The lowest BCUT2D eigenvalue weighted by atomic mass is 10.1. The molecule has 3 rings (SSSR count). The number of carbonyl (C=O) groups excluding carboxylic acids is 2. The number of nitrogens with zero attached hydrogens (tertiary/aromatic N) is 2. The van der Waals surface area contributed by atoms with E-state index in [0.29, 0.717) is 17.4 Å². The summed E-state index contributed by atoms with van der Waals surface area (Å²) in [6, 6.07) is 5.46. The summed E-state index contributed by atoms with van der Waals surface area (Å²) in [5.41, 5.74) is 0.656. The molecule has 2 heterocycles. The summed E-state index contributed by atoms with van der Waals surface area (Å²) < 4.78 is 6.33. The van der Waals surface area contributed by atoms with Crippen LogP contribution in [0.4, 0.5) is 5.69 Å². The number of hydrogen-bond donors (Lipinski definition) is 1. The van der Waals surface area contributed by atoms with Crippen LogP contribution in [0.15, 0.2) is 22.7 Å². The van der Waals surface area contributed by atoms with E-state index in [-0.39, 0.29) is 25.0 Å². The van der Waals surface area contributed by atoms with Crippen molar-refractivity contribution in [3.63, 3.8) is 0 Å². The van der Waals surface area contributed by atoms with E-state index in [1.54, 1.807) is 6.07 Å². The second-order valence-electron chi connectivity index (χ2n) is 5.93. The number of nitrogens with one attached hydrogen (secondary N) is 1. The van der Waals surface area contributed by atoms with Gasteiger partial charge in [0.25, 0.3) is 5.91 Å². The number of amides is 2. The highest BCUT2D eigenvalue weighted by atomic mass is 79.9. The molecule has 1 aromatic rings. The fourth-order valence-corrected chi connectivity index (χ4v) is 3.44. The number of halogens is 1. The van der Waals surface area contributed by atoms with E-state index in [4.69, 9.17) is 4.74 Å². The van der Waals surface area contributed by atoms with E-state index >= 15 is 0 Å². The zero-order valence-corrected chi connectivity index (χ0v) is 14.6. The maximum atomic E-state index is 12.5.